The lowest BCUT2D eigenvalue weighted by Gasteiger charge is -2.17. The lowest BCUT2D eigenvalue weighted by molar-refractivity contribution is 0.361. The molecular formula is C17H21BBrNO2. The van der Waals surface area contributed by atoms with Crippen LogP contribution in [0.5, 0.6) is 0 Å². The Bertz CT molecular complexity index is 548. The summed E-state index contributed by atoms with van der Waals surface area (Å²) in [5.74, 6) is -0.300. The van der Waals surface area contributed by atoms with E-state index in [4.69, 9.17) is 0 Å². The van der Waals surface area contributed by atoms with E-state index in [0.717, 1.165) is 23.7 Å². The van der Waals surface area contributed by atoms with Crippen LogP contribution in [0.25, 0.3) is 11.1 Å². The van der Waals surface area contributed by atoms with Crippen LogP contribution in [0.3, 0.4) is 0 Å². The van der Waals surface area contributed by atoms with Crippen molar-refractivity contribution in [2.75, 3.05) is 5.33 Å². The third kappa shape index (κ3) is 5.25. The molecule has 0 saturated heterocycles. The molecule has 0 bridgehead atoms. The highest BCUT2D eigenvalue weighted by Crippen LogP contribution is 2.19. The maximum absolute atomic E-state index is 9.39. The van der Waals surface area contributed by atoms with Crippen molar-refractivity contribution in [1.29, 1.82) is 0 Å². The lowest BCUT2D eigenvalue weighted by Crippen LogP contribution is -2.43. The standard InChI is InChI=1S/C17H21BBrNO2/c19-12-4-7-17(18(21)22)20-13-14-8-10-16(11-9-14)15-5-2-1-3-6-15/h1-3,5-6,8-11,17,20-22H,4,7,12-13H2/t17-/m0/s1. The van der Waals surface area contributed by atoms with Gasteiger partial charge in [-0.25, -0.2) is 0 Å². The van der Waals surface area contributed by atoms with Gasteiger partial charge in [-0.05, 0) is 29.5 Å². The minimum absolute atomic E-state index is 0.300. The smallest absolute Gasteiger partial charge is 0.426 e. The van der Waals surface area contributed by atoms with Crippen molar-refractivity contribution in [2.24, 2.45) is 0 Å². The zero-order valence-corrected chi connectivity index (χ0v) is 14.0. The van der Waals surface area contributed by atoms with Crippen molar-refractivity contribution in [3.05, 3.63) is 60.2 Å². The second kappa shape index (κ2) is 9.11. The lowest BCUT2D eigenvalue weighted by atomic mass is 9.77. The number of hydrogen-bond donors (Lipinski definition) is 3. The van der Waals surface area contributed by atoms with E-state index in [0.29, 0.717) is 6.54 Å². The van der Waals surface area contributed by atoms with E-state index < -0.39 is 7.12 Å². The number of benzene rings is 2. The highest BCUT2D eigenvalue weighted by atomic mass is 79.9. The molecule has 0 spiro atoms. The SMILES string of the molecule is OB(O)[C@H](CCCBr)NCc1ccc(-c2ccccc2)cc1. The van der Waals surface area contributed by atoms with Crippen molar-refractivity contribution in [3.8, 4) is 11.1 Å². The third-order valence-corrected chi connectivity index (χ3v) is 4.20. The largest absolute Gasteiger partial charge is 0.469 e. The molecule has 5 heteroatoms. The molecule has 2 aromatic carbocycles. The van der Waals surface area contributed by atoms with Crippen LogP contribution in [-0.2, 0) is 6.54 Å². The number of rotatable bonds is 8. The van der Waals surface area contributed by atoms with E-state index in [2.05, 4.69) is 57.6 Å². The third-order valence-electron chi connectivity index (χ3n) is 3.64. The van der Waals surface area contributed by atoms with Crippen LogP contribution in [0.15, 0.2) is 54.6 Å². The molecule has 3 nitrogen and oxygen atoms in total. The van der Waals surface area contributed by atoms with Crippen molar-refractivity contribution in [1.82, 2.24) is 5.32 Å². The number of alkyl halides is 1. The predicted molar refractivity (Wildman–Crippen MR) is 95.7 cm³/mol. The first-order valence-corrected chi connectivity index (χ1v) is 8.62. The zero-order valence-electron chi connectivity index (χ0n) is 12.5. The molecule has 0 saturated carbocycles. The van der Waals surface area contributed by atoms with Gasteiger partial charge in [0.1, 0.15) is 0 Å². The summed E-state index contributed by atoms with van der Waals surface area (Å²) < 4.78 is 0. The topological polar surface area (TPSA) is 52.5 Å². The number of halogens is 1. The molecule has 3 N–H and O–H groups in total. The maximum atomic E-state index is 9.39. The van der Waals surface area contributed by atoms with Gasteiger partial charge in [0, 0.05) is 17.8 Å². The Morgan fingerprint density at radius 2 is 1.59 bits per heavy atom. The van der Waals surface area contributed by atoms with Crippen LogP contribution in [-0.4, -0.2) is 28.4 Å². The summed E-state index contributed by atoms with van der Waals surface area (Å²) in [5.41, 5.74) is 3.51. The summed E-state index contributed by atoms with van der Waals surface area (Å²) in [5, 5.41) is 22.8. The Hall–Kier alpha value is -1.14. The van der Waals surface area contributed by atoms with Crippen LogP contribution in [0.2, 0.25) is 0 Å². The monoisotopic (exact) mass is 361 g/mol. The van der Waals surface area contributed by atoms with E-state index in [1.54, 1.807) is 0 Å². The van der Waals surface area contributed by atoms with E-state index in [1.807, 2.05) is 18.2 Å². The fourth-order valence-corrected chi connectivity index (χ4v) is 2.67. The first kappa shape index (κ1) is 17.2. The molecule has 0 aliphatic carbocycles. The highest BCUT2D eigenvalue weighted by Gasteiger charge is 2.21. The van der Waals surface area contributed by atoms with Gasteiger partial charge in [0.15, 0.2) is 0 Å². The first-order valence-electron chi connectivity index (χ1n) is 7.50. The second-order valence-corrected chi connectivity index (χ2v) is 6.09. The summed E-state index contributed by atoms with van der Waals surface area (Å²) in [6.07, 6.45) is 1.63. The molecule has 0 aromatic heterocycles. The van der Waals surface area contributed by atoms with Gasteiger partial charge in [-0.3, -0.25) is 0 Å². The summed E-state index contributed by atoms with van der Waals surface area (Å²) >= 11 is 3.36. The van der Waals surface area contributed by atoms with Crippen LogP contribution in [0.1, 0.15) is 18.4 Å². The Balaban J connectivity index is 1.93. The van der Waals surface area contributed by atoms with E-state index in [9.17, 15) is 10.0 Å². The Labute approximate surface area is 140 Å². The van der Waals surface area contributed by atoms with Gasteiger partial charge in [-0.2, -0.15) is 0 Å². The van der Waals surface area contributed by atoms with Crippen molar-refractivity contribution < 1.29 is 10.0 Å². The Morgan fingerprint density at radius 1 is 0.955 bits per heavy atom. The van der Waals surface area contributed by atoms with Crippen LogP contribution in [0, 0.1) is 0 Å². The Morgan fingerprint density at radius 3 is 2.18 bits per heavy atom. The molecular weight excluding hydrogens is 341 g/mol. The van der Waals surface area contributed by atoms with Crippen molar-refractivity contribution in [3.63, 3.8) is 0 Å². The molecule has 0 radical (unpaired) electrons. The normalized spacial score (nSPS) is 12.1. The quantitative estimate of drug-likeness (QED) is 0.500. The summed E-state index contributed by atoms with van der Waals surface area (Å²) in [6, 6.07) is 18.6. The molecule has 0 aliphatic heterocycles. The molecule has 1 atom stereocenters. The molecule has 0 amide bonds. The van der Waals surface area contributed by atoms with E-state index in [-0.39, 0.29) is 5.94 Å². The minimum Gasteiger partial charge on any atom is -0.426 e. The predicted octanol–water partition coefficient (Wildman–Crippen LogP) is 3.00. The molecule has 2 rings (SSSR count). The van der Waals surface area contributed by atoms with E-state index in [1.165, 1.54) is 11.1 Å². The molecule has 2 aromatic rings. The highest BCUT2D eigenvalue weighted by molar-refractivity contribution is 9.09. The molecule has 116 valence electrons. The van der Waals surface area contributed by atoms with Gasteiger partial charge < -0.3 is 15.4 Å². The Kier molecular flexibility index (Phi) is 7.13. The minimum atomic E-state index is -1.33. The number of nitrogens with one attached hydrogen (secondary N) is 1. The average Bonchev–Trinajstić information content (AvgIpc) is 2.56. The first-order chi connectivity index (χ1) is 10.7. The summed E-state index contributed by atoms with van der Waals surface area (Å²) in [7, 11) is -1.33. The molecule has 0 fully saturated rings. The van der Waals surface area contributed by atoms with Crippen LogP contribution in [0.4, 0.5) is 0 Å². The van der Waals surface area contributed by atoms with Crippen LogP contribution < -0.4 is 5.32 Å². The van der Waals surface area contributed by atoms with Gasteiger partial charge in [0.05, 0.1) is 0 Å². The summed E-state index contributed by atoms with van der Waals surface area (Å²) in [6.45, 7) is 0.625. The van der Waals surface area contributed by atoms with Gasteiger partial charge in [0.2, 0.25) is 0 Å². The number of hydrogen-bond acceptors (Lipinski definition) is 3. The molecule has 0 aliphatic rings. The van der Waals surface area contributed by atoms with Gasteiger partial charge >= 0.3 is 7.12 Å². The average molecular weight is 362 g/mol. The molecule has 22 heavy (non-hydrogen) atoms. The maximum Gasteiger partial charge on any atom is 0.469 e. The summed E-state index contributed by atoms with van der Waals surface area (Å²) in [4.78, 5) is 0. The fraction of sp³-hybridized carbons (Fsp3) is 0.294. The zero-order chi connectivity index (χ0) is 15.8. The van der Waals surface area contributed by atoms with Crippen molar-refractivity contribution >= 4 is 23.0 Å². The van der Waals surface area contributed by atoms with Gasteiger partial charge in [-0.1, -0.05) is 70.5 Å². The van der Waals surface area contributed by atoms with E-state index >= 15 is 0 Å². The second-order valence-electron chi connectivity index (χ2n) is 5.30. The molecule has 0 unspecified atom stereocenters. The van der Waals surface area contributed by atoms with Crippen molar-refractivity contribution in [2.45, 2.75) is 25.3 Å². The van der Waals surface area contributed by atoms with Gasteiger partial charge in [0.25, 0.3) is 0 Å². The van der Waals surface area contributed by atoms with Crippen LogP contribution >= 0.6 is 15.9 Å². The van der Waals surface area contributed by atoms with Gasteiger partial charge in [-0.15, -0.1) is 0 Å². The molecule has 0 heterocycles. The fourth-order valence-electron chi connectivity index (χ4n) is 2.35.